The van der Waals surface area contributed by atoms with Crippen molar-refractivity contribution in [1.82, 2.24) is 20.2 Å². The second-order valence-electron chi connectivity index (χ2n) is 7.61. The first-order chi connectivity index (χ1) is 13.1. The number of aromatic nitrogens is 2. The van der Waals surface area contributed by atoms with Crippen molar-refractivity contribution in [2.75, 3.05) is 13.1 Å². The fraction of sp³-hybridized carbons (Fsp3) is 0.550. The molecule has 2 N–H and O–H groups in total. The van der Waals surface area contributed by atoms with Gasteiger partial charge in [0.25, 0.3) is 0 Å². The molecule has 4 rings (SSSR count). The molecular weight excluding hydrogens is 347 g/mol. The third-order valence-corrected chi connectivity index (χ3v) is 5.74. The summed E-state index contributed by atoms with van der Waals surface area (Å²) in [6.45, 7) is 1.39. The van der Waals surface area contributed by atoms with Gasteiger partial charge in [-0.3, -0.25) is 9.59 Å². The van der Waals surface area contributed by atoms with Gasteiger partial charge in [-0.2, -0.15) is 0 Å². The Morgan fingerprint density at radius 3 is 2.81 bits per heavy atom. The summed E-state index contributed by atoms with van der Waals surface area (Å²) in [5.41, 5.74) is 1.11. The molecule has 0 bridgehead atoms. The van der Waals surface area contributed by atoms with Gasteiger partial charge in [0.05, 0.1) is 5.52 Å². The molecule has 7 heteroatoms. The minimum atomic E-state index is -0.308. The quantitative estimate of drug-likeness (QED) is 0.866. The van der Waals surface area contributed by atoms with Crippen LogP contribution in [-0.2, 0) is 9.59 Å². The molecule has 144 valence electrons. The molecule has 0 aliphatic carbocycles. The van der Waals surface area contributed by atoms with Crippen LogP contribution in [0, 0.1) is 5.82 Å². The van der Waals surface area contributed by atoms with Crippen LogP contribution in [0.1, 0.15) is 56.7 Å². The minimum Gasteiger partial charge on any atom is -0.353 e. The van der Waals surface area contributed by atoms with Crippen LogP contribution in [0.4, 0.5) is 4.39 Å². The standard InChI is InChI=1S/C20H25FN4O2/c21-15-4-2-5-16-19(15)24-20(23-16)13-9-11-25(12-10-13)18(27)8-7-14-3-1-6-17(26)22-14/h2,4-5,13-14H,1,3,6-12H2,(H,22,26)(H,23,24). The number of rotatable bonds is 4. The Labute approximate surface area is 157 Å². The average Bonchev–Trinajstić information content (AvgIpc) is 3.12. The Morgan fingerprint density at radius 1 is 1.26 bits per heavy atom. The molecule has 1 aromatic heterocycles. The van der Waals surface area contributed by atoms with Gasteiger partial charge in [-0.05, 0) is 44.2 Å². The van der Waals surface area contributed by atoms with E-state index >= 15 is 0 Å². The van der Waals surface area contributed by atoms with Crippen LogP contribution in [0.3, 0.4) is 0 Å². The number of hydrogen-bond acceptors (Lipinski definition) is 3. The van der Waals surface area contributed by atoms with Crippen molar-refractivity contribution in [3.8, 4) is 0 Å². The highest BCUT2D eigenvalue weighted by molar-refractivity contribution is 5.78. The first-order valence-electron chi connectivity index (χ1n) is 9.81. The van der Waals surface area contributed by atoms with E-state index in [1.807, 2.05) is 11.0 Å². The number of imidazole rings is 1. The van der Waals surface area contributed by atoms with Gasteiger partial charge >= 0.3 is 0 Å². The monoisotopic (exact) mass is 372 g/mol. The molecule has 2 saturated heterocycles. The molecule has 1 unspecified atom stereocenters. The first kappa shape index (κ1) is 17.9. The maximum Gasteiger partial charge on any atom is 0.222 e. The number of aromatic amines is 1. The van der Waals surface area contributed by atoms with Gasteiger partial charge in [-0.25, -0.2) is 9.37 Å². The van der Waals surface area contributed by atoms with Crippen LogP contribution in [0.2, 0.25) is 0 Å². The molecule has 3 heterocycles. The summed E-state index contributed by atoms with van der Waals surface area (Å²) in [7, 11) is 0. The number of hydrogen-bond donors (Lipinski definition) is 2. The molecule has 2 aliphatic rings. The summed E-state index contributed by atoms with van der Waals surface area (Å²) in [6.07, 6.45) is 5.32. The molecule has 27 heavy (non-hydrogen) atoms. The highest BCUT2D eigenvalue weighted by atomic mass is 19.1. The lowest BCUT2D eigenvalue weighted by Gasteiger charge is -2.32. The molecule has 0 saturated carbocycles. The van der Waals surface area contributed by atoms with Crippen molar-refractivity contribution in [3.05, 3.63) is 29.8 Å². The number of nitrogens with one attached hydrogen (secondary N) is 2. The van der Waals surface area contributed by atoms with Crippen molar-refractivity contribution in [2.45, 2.75) is 56.9 Å². The lowest BCUT2D eigenvalue weighted by Crippen LogP contribution is -2.41. The Balaban J connectivity index is 1.29. The SMILES string of the molecule is O=C1CCCC(CCC(=O)N2CCC(c3nc4c(F)cccc4[nH]3)CC2)N1. The van der Waals surface area contributed by atoms with Gasteiger partial charge in [0.1, 0.15) is 11.3 Å². The number of amides is 2. The van der Waals surface area contributed by atoms with Crippen LogP contribution in [0.25, 0.3) is 11.0 Å². The average molecular weight is 372 g/mol. The third-order valence-electron chi connectivity index (χ3n) is 5.74. The van der Waals surface area contributed by atoms with E-state index in [0.29, 0.717) is 37.9 Å². The Hall–Kier alpha value is -2.44. The van der Waals surface area contributed by atoms with Crippen molar-refractivity contribution in [1.29, 1.82) is 0 Å². The van der Waals surface area contributed by atoms with Crippen molar-refractivity contribution in [3.63, 3.8) is 0 Å². The summed E-state index contributed by atoms with van der Waals surface area (Å²) in [5.74, 6) is 0.980. The highest BCUT2D eigenvalue weighted by Gasteiger charge is 2.27. The highest BCUT2D eigenvalue weighted by Crippen LogP contribution is 2.29. The fourth-order valence-electron chi connectivity index (χ4n) is 4.17. The number of carbonyl (C=O) groups is 2. The summed E-state index contributed by atoms with van der Waals surface area (Å²) in [6, 6.07) is 5.06. The molecule has 1 aromatic carbocycles. The third kappa shape index (κ3) is 3.96. The largest absolute Gasteiger partial charge is 0.353 e. The van der Waals surface area contributed by atoms with E-state index in [4.69, 9.17) is 0 Å². The van der Waals surface area contributed by atoms with E-state index in [9.17, 15) is 14.0 Å². The van der Waals surface area contributed by atoms with Crippen molar-refractivity contribution in [2.24, 2.45) is 0 Å². The van der Waals surface area contributed by atoms with Gasteiger partial charge in [-0.15, -0.1) is 0 Å². The lowest BCUT2D eigenvalue weighted by atomic mass is 9.95. The second-order valence-corrected chi connectivity index (χ2v) is 7.61. The number of nitrogens with zero attached hydrogens (tertiary/aromatic N) is 2. The van der Waals surface area contributed by atoms with Crippen LogP contribution in [0.15, 0.2) is 18.2 Å². The van der Waals surface area contributed by atoms with Crippen molar-refractivity contribution >= 4 is 22.8 Å². The Morgan fingerprint density at radius 2 is 2.07 bits per heavy atom. The number of H-pyrrole nitrogens is 1. The topological polar surface area (TPSA) is 78.1 Å². The smallest absolute Gasteiger partial charge is 0.222 e. The Bertz CT molecular complexity index is 842. The van der Waals surface area contributed by atoms with Crippen LogP contribution >= 0.6 is 0 Å². The molecule has 2 aliphatic heterocycles. The van der Waals surface area contributed by atoms with Gasteiger partial charge in [-0.1, -0.05) is 6.07 Å². The number of halogens is 1. The summed E-state index contributed by atoms with van der Waals surface area (Å²) in [5, 5.41) is 2.97. The summed E-state index contributed by atoms with van der Waals surface area (Å²) < 4.78 is 13.8. The number of piperidine rings is 2. The molecular formula is C20H25FN4O2. The number of carbonyl (C=O) groups excluding carboxylic acids is 2. The van der Waals surface area contributed by atoms with E-state index < -0.39 is 0 Å². The zero-order valence-electron chi connectivity index (χ0n) is 15.3. The van der Waals surface area contributed by atoms with Gasteiger partial charge in [0.2, 0.25) is 11.8 Å². The van der Waals surface area contributed by atoms with E-state index in [2.05, 4.69) is 15.3 Å². The molecule has 6 nitrogen and oxygen atoms in total. The predicted octanol–water partition coefficient (Wildman–Crippen LogP) is 2.86. The van der Waals surface area contributed by atoms with Gasteiger partial charge in [0.15, 0.2) is 5.82 Å². The number of para-hydroxylation sites is 1. The van der Waals surface area contributed by atoms with Gasteiger partial charge in [0, 0.05) is 37.9 Å². The van der Waals surface area contributed by atoms with Crippen LogP contribution in [-0.4, -0.2) is 45.8 Å². The molecule has 2 amide bonds. The molecule has 2 fully saturated rings. The molecule has 0 radical (unpaired) electrons. The zero-order valence-corrected chi connectivity index (χ0v) is 15.3. The summed E-state index contributed by atoms with van der Waals surface area (Å²) >= 11 is 0. The van der Waals surface area contributed by atoms with Crippen LogP contribution < -0.4 is 5.32 Å². The van der Waals surface area contributed by atoms with Crippen LogP contribution in [0.5, 0.6) is 0 Å². The zero-order chi connectivity index (χ0) is 18.8. The second kappa shape index (κ2) is 7.66. The normalized spacial score (nSPS) is 21.4. The lowest BCUT2D eigenvalue weighted by molar-refractivity contribution is -0.133. The first-order valence-corrected chi connectivity index (χ1v) is 9.81. The number of benzene rings is 1. The van der Waals surface area contributed by atoms with E-state index in [-0.39, 0.29) is 29.6 Å². The molecule has 0 spiro atoms. The fourth-order valence-corrected chi connectivity index (χ4v) is 4.17. The number of fused-ring (bicyclic) bond motifs is 1. The molecule has 2 aromatic rings. The van der Waals surface area contributed by atoms with E-state index in [0.717, 1.165) is 37.0 Å². The summed E-state index contributed by atoms with van der Waals surface area (Å²) in [4.78, 5) is 33.5. The van der Waals surface area contributed by atoms with Gasteiger partial charge < -0.3 is 15.2 Å². The van der Waals surface area contributed by atoms with Crippen molar-refractivity contribution < 1.29 is 14.0 Å². The minimum absolute atomic E-state index is 0.0989. The molecule has 1 atom stereocenters. The Kier molecular flexibility index (Phi) is 5.09. The van der Waals surface area contributed by atoms with E-state index in [1.54, 1.807) is 6.07 Å². The van der Waals surface area contributed by atoms with E-state index in [1.165, 1.54) is 6.07 Å². The predicted molar refractivity (Wildman–Crippen MR) is 99.6 cm³/mol. The maximum atomic E-state index is 13.8. The maximum absolute atomic E-state index is 13.8. The number of likely N-dealkylation sites (tertiary alicyclic amines) is 1.